The summed E-state index contributed by atoms with van der Waals surface area (Å²) in [7, 11) is -0.549. The van der Waals surface area contributed by atoms with Gasteiger partial charge < -0.3 is 7.49 Å². The Kier molecular flexibility index (Phi) is 4.77. The van der Waals surface area contributed by atoms with E-state index in [9.17, 15) is 0 Å². The number of halogens is 2. The van der Waals surface area contributed by atoms with Crippen molar-refractivity contribution in [3.63, 3.8) is 0 Å². The number of rotatable bonds is 3. The van der Waals surface area contributed by atoms with Gasteiger partial charge in [0.15, 0.2) is 0 Å². The van der Waals surface area contributed by atoms with Crippen molar-refractivity contribution in [2.45, 2.75) is 26.2 Å². The molecule has 15 heavy (non-hydrogen) atoms. The average Bonchev–Trinajstić information content (AvgIpc) is 2.19. The summed E-state index contributed by atoms with van der Waals surface area (Å²) in [5.41, 5.74) is 1.99. The summed E-state index contributed by atoms with van der Waals surface area (Å²) >= 11 is 5.79. The zero-order valence-corrected chi connectivity index (χ0v) is 12.0. The van der Waals surface area contributed by atoms with Gasteiger partial charge in [-0.1, -0.05) is 20.8 Å². The molecule has 82 valence electrons. The van der Waals surface area contributed by atoms with Crippen LogP contribution >= 0.6 is 32.5 Å². The predicted molar refractivity (Wildman–Crippen MR) is 68.3 cm³/mol. The molecule has 1 aromatic rings. The van der Waals surface area contributed by atoms with E-state index in [2.05, 4.69) is 58.3 Å². The summed E-state index contributed by atoms with van der Waals surface area (Å²) < 4.78 is 9.87. The quantitative estimate of drug-likeness (QED) is 0.795. The second-order valence-electron chi connectivity index (χ2n) is 4.23. The summed E-state index contributed by atoms with van der Waals surface area (Å²) in [5.74, 6) is 0. The van der Waals surface area contributed by atoms with Gasteiger partial charge in [0, 0.05) is 6.20 Å². The summed E-state index contributed by atoms with van der Waals surface area (Å²) in [6.07, 6.45) is 1.75. The highest BCUT2D eigenvalue weighted by atomic mass is 79.9. The lowest BCUT2D eigenvalue weighted by molar-refractivity contribution is 0.551. The molecule has 0 amide bonds. The molecular weight excluding hydrogens is 325 g/mol. The Balaban J connectivity index is 3.02. The highest BCUT2D eigenvalue weighted by Gasteiger charge is 2.24. The minimum absolute atomic E-state index is 0.0842. The second kappa shape index (κ2) is 5.43. The van der Waals surface area contributed by atoms with Gasteiger partial charge in [0.05, 0.1) is 38.1 Å². The minimum atomic E-state index is -0.549. The third kappa shape index (κ3) is 3.55. The fourth-order valence-corrected chi connectivity index (χ4v) is 1.89. The van der Waals surface area contributed by atoms with E-state index in [-0.39, 0.29) is 5.41 Å². The van der Waals surface area contributed by atoms with Crippen LogP contribution in [0.5, 0.6) is 0 Å². The van der Waals surface area contributed by atoms with Crippen molar-refractivity contribution in [3.05, 3.63) is 23.9 Å². The first-order valence-electron chi connectivity index (χ1n) is 4.50. The smallest absolute Gasteiger partial charge is 0.332 e. The van der Waals surface area contributed by atoms with E-state index in [0.717, 1.165) is 5.59 Å². The Morgan fingerprint density at radius 3 is 2.33 bits per heavy atom. The molecule has 0 saturated heterocycles. The van der Waals surface area contributed by atoms with Gasteiger partial charge in [0.2, 0.25) is 0 Å². The molecule has 0 N–H and O–H groups in total. The monoisotopic (exact) mass is 335 g/mol. The molecule has 0 bridgehead atoms. The normalized spacial score (nSPS) is 11.5. The molecular formula is C9H12BBr2NO2. The zero-order chi connectivity index (χ0) is 11.5. The summed E-state index contributed by atoms with van der Waals surface area (Å²) in [6.45, 7) is 6.43. The molecule has 0 aliphatic heterocycles. The fraction of sp³-hybridized carbons (Fsp3) is 0.444. The first-order chi connectivity index (χ1) is 6.99. The highest BCUT2D eigenvalue weighted by Crippen LogP contribution is 2.20. The molecule has 1 aromatic heterocycles. The molecule has 0 radical (unpaired) electrons. The molecule has 0 fully saturated rings. The second-order valence-corrected chi connectivity index (χ2v) is 4.98. The van der Waals surface area contributed by atoms with Gasteiger partial charge in [-0.05, 0) is 23.1 Å². The number of pyridine rings is 1. The van der Waals surface area contributed by atoms with E-state index < -0.39 is 7.12 Å². The maximum absolute atomic E-state index is 4.93. The Labute approximate surface area is 108 Å². The Bertz CT molecular complexity index is 326. The van der Waals surface area contributed by atoms with Crippen LogP contribution in [0.15, 0.2) is 18.3 Å². The topological polar surface area (TPSA) is 31.4 Å². The van der Waals surface area contributed by atoms with E-state index in [1.54, 1.807) is 6.20 Å². The van der Waals surface area contributed by atoms with E-state index >= 15 is 0 Å². The zero-order valence-electron chi connectivity index (χ0n) is 8.83. The number of nitrogens with zero attached hydrogens (tertiary/aromatic N) is 1. The first-order valence-corrected chi connectivity index (χ1v) is 5.79. The maximum atomic E-state index is 4.93. The first kappa shape index (κ1) is 13.2. The molecule has 0 aliphatic rings. The fourth-order valence-electron chi connectivity index (χ4n) is 1.15. The van der Waals surface area contributed by atoms with Gasteiger partial charge in [-0.15, -0.1) is 0 Å². The molecule has 0 aliphatic carbocycles. The van der Waals surface area contributed by atoms with Crippen LogP contribution in [0.4, 0.5) is 0 Å². The average molecular weight is 337 g/mol. The number of aromatic nitrogens is 1. The van der Waals surface area contributed by atoms with Crippen LogP contribution in [0.3, 0.4) is 0 Å². The summed E-state index contributed by atoms with van der Waals surface area (Å²) in [6, 6.07) is 3.95. The van der Waals surface area contributed by atoms with E-state index in [4.69, 9.17) is 7.49 Å². The summed E-state index contributed by atoms with van der Waals surface area (Å²) in [4.78, 5) is 4.18. The largest absolute Gasteiger partial charge is 0.535 e. The third-order valence-corrected chi connectivity index (χ3v) is 2.73. The third-order valence-electron chi connectivity index (χ3n) is 2.05. The molecule has 1 rings (SSSR count). The van der Waals surface area contributed by atoms with Crippen LogP contribution in [-0.2, 0) is 12.9 Å². The standard InChI is InChI=1S/C9H12BBr2NO2/c1-9(2,3)7-4-5-13-8(6-7)10(14-11)15-12/h4-6H,1-3H3. The maximum Gasteiger partial charge on any atom is 0.535 e. The minimum Gasteiger partial charge on any atom is -0.332 e. The Morgan fingerprint density at radius 2 is 1.87 bits per heavy atom. The Morgan fingerprint density at radius 1 is 1.27 bits per heavy atom. The molecule has 3 nitrogen and oxygen atoms in total. The van der Waals surface area contributed by atoms with E-state index in [1.165, 1.54) is 5.56 Å². The molecule has 0 spiro atoms. The molecule has 0 saturated carbocycles. The Hall–Kier alpha value is 0.0949. The lowest BCUT2D eigenvalue weighted by Crippen LogP contribution is -2.35. The lowest BCUT2D eigenvalue weighted by atomic mass is 9.80. The molecule has 1 heterocycles. The van der Waals surface area contributed by atoms with Crippen LogP contribution in [0.1, 0.15) is 26.3 Å². The van der Waals surface area contributed by atoms with Crippen molar-refractivity contribution in [3.8, 4) is 0 Å². The van der Waals surface area contributed by atoms with Crippen LogP contribution in [0, 0.1) is 0 Å². The highest BCUT2D eigenvalue weighted by molar-refractivity contribution is 9.06. The van der Waals surface area contributed by atoms with Gasteiger partial charge in [-0.25, -0.2) is 0 Å². The predicted octanol–water partition coefficient (Wildman–Crippen LogP) is 2.73. The number of hydrogen-bond acceptors (Lipinski definition) is 3. The van der Waals surface area contributed by atoms with Gasteiger partial charge in [-0.2, -0.15) is 0 Å². The number of hydrogen-bond donors (Lipinski definition) is 0. The molecule has 6 heteroatoms. The van der Waals surface area contributed by atoms with Crippen molar-refractivity contribution in [1.29, 1.82) is 0 Å². The lowest BCUT2D eigenvalue weighted by Gasteiger charge is -2.19. The van der Waals surface area contributed by atoms with Crippen molar-refractivity contribution in [2.75, 3.05) is 0 Å². The molecule has 0 unspecified atom stereocenters. The van der Waals surface area contributed by atoms with Crippen LogP contribution in [0.2, 0.25) is 0 Å². The van der Waals surface area contributed by atoms with Crippen molar-refractivity contribution in [1.82, 2.24) is 4.98 Å². The summed E-state index contributed by atoms with van der Waals surface area (Å²) in [5, 5.41) is 0. The van der Waals surface area contributed by atoms with Crippen molar-refractivity contribution < 1.29 is 7.49 Å². The molecule has 0 atom stereocenters. The van der Waals surface area contributed by atoms with Gasteiger partial charge in [0.1, 0.15) is 0 Å². The van der Waals surface area contributed by atoms with Crippen LogP contribution in [0.25, 0.3) is 0 Å². The van der Waals surface area contributed by atoms with Gasteiger partial charge in [0.25, 0.3) is 0 Å². The van der Waals surface area contributed by atoms with Crippen LogP contribution < -0.4 is 5.59 Å². The van der Waals surface area contributed by atoms with E-state index in [0.29, 0.717) is 0 Å². The van der Waals surface area contributed by atoms with Gasteiger partial charge in [-0.3, -0.25) is 4.98 Å². The SMILES string of the molecule is CC(C)(C)c1ccnc(B(OBr)OBr)c1. The van der Waals surface area contributed by atoms with Crippen molar-refractivity contribution in [2.24, 2.45) is 0 Å². The molecule has 0 aromatic carbocycles. The van der Waals surface area contributed by atoms with Crippen molar-refractivity contribution >= 4 is 45.2 Å². The van der Waals surface area contributed by atoms with E-state index in [1.807, 2.05) is 12.1 Å². The van der Waals surface area contributed by atoms with Crippen LogP contribution in [-0.4, -0.2) is 12.1 Å². The van der Waals surface area contributed by atoms with Gasteiger partial charge >= 0.3 is 7.12 Å².